The third-order valence-electron chi connectivity index (χ3n) is 5.72. The van der Waals surface area contributed by atoms with Crippen LogP contribution in [0, 0.1) is 11.8 Å². The number of carbonyl (C=O) groups is 1. The number of rotatable bonds is 5. The maximum absolute atomic E-state index is 12.0. The van der Waals surface area contributed by atoms with Gasteiger partial charge in [0, 0.05) is 43.6 Å². The van der Waals surface area contributed by atoms with Crippen LogP contribution in [0.5, 0.6) is 0 Å². The second-order valence-electron chi connectivity index (χ2n) is 7.65. The van der Waals surface area contributed by atoms with Crippen LogP contribution in [0.4, 0.5) is 0 Å². The Kier molecular flexibility index (Phi) is 6.76. The standard InChI is InChI=1S/C20H32N4O2S/c1-5-21-20(24-11-14(2)17(13-24)19(25)26-4)22-10-15(3)23-8-6-18-16(12-23)7-9-27-18/h7,9,14-15,17H,5-6,8,10-13H2,1-4H3,(H,21,22). The van der Waals surface area contributed by atoms with Gasteiger partial charge in [-0.3, -0.25) is 14.7 Å². The smallest absolute Gasteiger partial charge is 0.310 e. The fraction of sp³-hybridized carbons (Fsp3) is 0.700. The molecule has 150 valence electrons. The van der Waals surface area contributed by atoms with E-state index < -0.39 is 0 Å². The van der Waals surface area contributed by atoms with E-state index in [2.05, 4.69) is 47.3 Å². The van der Waals surface area contributed by atoms with Gasteiger partial charge in [-0.25, -0.2) is 0 Å². The van der Waals surface area contributed by atoms with Crippen LogP contribution in [-0.4, -0.2) is 67.6 Å². The van der Waals surface area contributed by atoms with Crippen molar-refractivity contribution in [2.45, 2.75) is 39.8 Å². The number of ether oxygens (including phenoxy) is 1. The highest BCUT2D eigenvalue weighted by Gasteiger charge is 2.37. The van der Waals surface area contributed by atoms with Crippen LogP contribution in [0.3, 0.4) is 0 Å². The summed E-state index contributed by atoms with van der Waals surface area (Å²) in [6.45, 7) is 11.7. The number of esters is 1. The van der Waals surface area contributed by atoms with E-state index >= 15 is 0 Å². The molecule has 0 spiro atoms. The van der Waals surface area contributed by atoms with E-state index in [1.165, 1.54) is 17.6 Å². The molecule has 3 heterocycles. The number of likely N-dealkylation sites (tertiary alicyclic amines) is 1. The second-order valence-corrected chi connectivity index (χ2v) is 8.65. The molecule has 1 fully saturated rings. The Morgan fingerprint density at radius 3 is 3.04 bits per heavy atom. The summed E-state index contributed by atoms with van der Waals surface area (Å²) >= 11 is 1.88. The Morgan fingerprint density at radius 1 is 1.48 bits per heavy atom. The number of nitrogens with zero attached hydrogens (tertiary/aromatic N) is 3. The molecule has 27 heavy (non-hydrogen) atoms. The molecule has 3 unspecified atom stereocenters. The number of aliphatic imine (C=N–C) groups is 1. The molecule has 1 saturated heterocycles. The molecular formula is C20H32N4O2S. The van der Waals surface area contributed by atoms with Crippen LogP contribution in [0.25, 0.3) is 0 Å². The molecule has 0 saturated carbocycles. The molecule has 2 aliphatic heterocycles. The second kappa shape index (κ2) is 9.06. The van der Waals surface area contributed by atoms with Crippen LogP contribution in [0.2, 0.25) is 0 Å². The topological polar surface area (TPSA) is 57.2 Å². The van der Waals surface area contributed by atoms with Crippen LogP contribution >= 0.6 is 11.3 Å². The zero-order chi connectivity index (χ0) is 19.4. The van der Waals surface area contributed by atoms with Crippen molar-refractivity contribution in [2.24, 2.45) is 16.8 Å². The van der Waals surface area contributed by atoms with Gasteiger partial charge < -0.3 is 15.0 Å². The monoisotopic (exact) mass is 392 g/mol. The molecule has 7 heteroatoms. The quantitative estimate of drug-likeness (QED) is 0.473. The molecule has 1 N–H and O–H groups in total. The number of hydrogen-bond donors (Lipinski definition) is 1. The lowest BCUT2D eigenvalue weighted by Gasteiger charge is -2.32. The predicted octanol–water partition coefficient (Wildman–Crippen LogP) is 2.20. The van der Waals surface area contributed by atoms with Gasteiger partial charge in [-0.15, -0.1) is 11.3 Å². The average Bonchev–Trinajstić information content (AvgIpc) is 3.29. The average molecular weight is 393 g/mol. The lowest BCUT2D eigenvalue weighted by molar-refractivity contribution is -0.145. The first-order valence-electron chi connectivity index (χ1n) is 9.93. The largest absolute Gasteiger partial charge is 0.469 e. The third kappa shape index (κ3) is 4.63. The van der Waals surface area contributed by atoms with Crippen molar-refractivity contribution in [3.8, 4) is 0 Å². The molecule has 6 nitrogen and oxygen atoms in total. The summed E-state index contributed by atoms with van der Waals surface area (Å²) in [5.41, 5.74) is 1.48. The minimum Gasteiger partial charge on any atom is -0.469 e. The lowest BCUT2D eigenvalue weighted by Crippen LogP contribution is -2.43. The fourth-order valence-corrected chi connectivity index (χ4v) is 4.89. The van der Waals surface area contributed by atoms with Gasteiger partial charge in [0.15, 0.2) is 5.96 Å². The van der Waals surface area contributed by atoms with Gasteiger partial charge in [-0.05, 0) is 43.2 Å². The van der Waals surface area contributed by atoms with E-state index in [1.807, 2.05) is 11.3 Å². The first-order chi connectivity index (χ1) is 13.0. The van der Waals surface area contributed by atoms with Gasteiger partial charge >= 0.3 is 5.97 Å². The summed E-state index contributed by atoms with van der Waals surface area (Å²) in [6.07, 6.45) is 1.14. The SMILES string of the molecule is CCNC(=NCC(C)N1CCc2sccc2C1)N1CC(C)C(C(=O)OC)C1. The van der Waals surface area contributed by atoms with Gasteiger partial charge in [0.2, 0.25) is 0 Å². The number of thiophene rings is 1. The molecule has 2 aliphatic rings. The molecule has 1 aromatic rings. The number of fused-ring (bicyclic) bond motifs is 1. The molecule has 0 amide bonds. The molecule has 0 radical (unpaired) electrons. The zero-order valence-corrected chi connectivity index (χ0v) is 17.7. The highest BCUT2D eigenvalue weighted by atomic mass is 32.1. The highest BCUT2D eigenvalue weighted by molar-refractivity contribution is 7.10. The van der Waals surface area contributed by atoms with Crippen molar-refractivity contribution < 1.29 is 9.53 Å². The molecule has 0 aromatic carbocycles. The molecule has 3 atom stereocenters. The number of methoxy groups -OCH3 is 1. The maximum atomic E-state index is 12.0. The Bertz CT molecular complexity index is 675. The zero-order valence-electron chi connectivity index (χ0n) is 16.9. The Hall–Kier alpha value is -1.60. The van der Waals surface area contributed by atoms with Crippen LogP contribution < -0.4 is 5.32 Å². The molecule has 0 bridgehead atoms. The van der Waals surface area contributed by atoms with Gasteiger partial charge in [0.05, 0.1) is 19.6 Å². The van der Waals surface area contributed by atoms with Crippen LogP contribution in [0.15, 0.2) is 16.4 Å². The minimum absolute atomic E-state index is 0.0737. The maximum Gasteiger partial charge on any atom is 0.310 e. The lowest BCUT2D eigenvalue weighted by atomic mass is 9.99. The minimum atomic E-state index is -0.117. The van der Waals surface area contributed by atoms with Crippen molar-refractivity contribution in [1.82, 2.24) is 15.1 Å². The summed E-state index contributed by atoms with van der Waals surface area (Å²) in [4.78, 5) is 23.2. The summed E-state index contributed by atoms with van der Waals surface area (Å²) in [7, 11) is 1.47. The van der Waals surface area contributed by atoms with Crippen molar-refractivity contribution in [2.75, 3.05) is 39.8 Å². The molecular weight excluding hydrogens is 360 g/mol. The Balaban J connectivity index is 1.61. The highest BCUT2D eigenvalue weighted by Crippen LogP contribution is 2.26. The van der Waals surface area contributed by atoms with Crippen molar-refractivity contribution in [3.63, 3.8) is 0 Å². The molecule has 0 aliphatic carbocycles. The number of nitrogens with one attached hydrogen (secondary N) is 1. The normalized spacial score (nSPS) is 24.6. The van der Waals surface area contributed by atoms with E-state index in [1.54, 1.807) is 0 Å². The first kappa shape index (κ1) is 20.1. The summed E-state index contributed by atoms with van der Waals surface area (Å²) in [6, 6.07) is 2.65. The van der Waals surface area contributed by atoms with E-state index in [4.69, 9.17) is 9.73 Å². The Morgan fingerprint density at radius 2 is 2.30 bits per heavy atom. The van der Waals surface area contributed by atoms with Crippen LogP contribution in [0.1, 0.15) is 31.2 Å². The van der Waals surface area contributed by atoms with Gasteiger partial charge in [0.25, 0.3) is 0 Å². The van der Waals surface area contributed by atoms with E-state index in [0.717, 1.165) is 45.1 Å². The Labute approximate surface area is 166 Å². The van der Waals surface area contributed by atoms with Crippen molar-refractivity contribution >= 4 is 23.3 Å². The van der Waals surface area contributed by atoms with Crippen molar-refractivity contribution in [3.05, 3.63) is 21.9 Å². The third-order valence-corrected chi connectivity index (χ3v) is 6.74. The van der Waals surface area contributed by atoms with Gasteiger partial charge in [-0.1, -0.05) is 6.92 Å². The van der Waals surface area contributed by atoms with Gasteiger partial charge in [-0.2, -0.15) is 0 Å². The van der Waals surface area contributed by atoms with Crippen molar-refractivity contribution in [1.29, 1.82) is 0 Å². The summed E-state index contributed by atoms with van der Waals surface area (Å²) < 4.78 is 4.96. The number of carbonyl (C=O) groups excluding carboxylic acids is 1. The fourth-order valence-electron chi connectivity index (χ4n) is 4.00. The number of guanidine groups is 1. The van der Waals surface area contributed by atoms with E-state index in [9.17, 15) is 4.79 Å². The van der Waals surface area contributed by atoms with Gasteiger partial charge in [0.1, 0.15) is 0 Å². The van der Waals surface area contributed by atoms with Crippen LogP contribution in [-0.2, 0) is 22.5 Å². The summed E-state index contributed by atoms with van der Waals surface area (Å²) in [5.74, 6) is 0.998. The predicted molar refractivity (Wildman–Crippen MR) is 110 cm³/mol. The first-order valence-corrected chi connectivity index (χ1v) is 10.8. The summed E-state index contributed by atoms with van der Waals surface area (Å²) in [5, 5.41) is 5.60. The van der Waals surface area contributed by atoms with E-state index in [0.29, 0.717) is 12.6 Å². The van der Waals surface area contributed by atoms with E-state index in [-0.39, 0.29) is 17.8 Å². The molecule has 1 aromatic heterocycles. The molecule has 3 rings (SSSR count). The number of hydrogen-bond acceptors (Lipinski definition) is 5.